The summed E-state index contributed by atoms with van der Waals surface area (Å²) in [5.74, 6) is -0.0808. The van der Waals surface area contributed by atoms with Gasteiger partial charge in [-0.1, -0.05) is 42.5 Å². The van der Waals surface area contributed by atoms with Gasteiger partial charge in [-0.25, -0.2) is 0 Å². The lowest BCUT2D eigenvalue weighted by atomic mass is 10.0. The van der Waals surface area contributed by atoms with Gasteiger partial charge in [-0.3, -0.25) is 9.59 Å². The van der Waals surface area contributed by atoms with Gasteiger partial charge in [0.25, 0.3) is 0 Å². The fourth-order valence-corrected chi connectivity index (χ4v) is 3.11. The topological polar surface area (TPSA) is 49.4 Å². The molecule has 1 N–H and O–H groups in total. The normalized spacial score (nSPS) is 14.7. The lowest BCUT2D eigenvalue weighted by Gasteiger charge is -2.26. The van der Waals surface area contributed by atoms with Gasteiger partial charge in [0.2, 0.25) is 11.8 Å². The molecule has 1 heterocycles. The molecule has 2 aromatic carbocycles. The van der Waals surface area contributed by atoms with E-state index in [0.717, 1.165) is 42.3 Å². The molecule has 3 rings (SSSR count). The van der Waals surface area contributed by atoms with Crippen LogP contribution in [0.5, 0.6) is 0 Å². The van der Waals surface area contributed by atoms with Crippen LogP contribution in [0.4, 0.5) is 0 Å². The molecule has 0 radical (unpaired) electrons. The molecule has 23 heavy (non-hydrogen) atoms. The first kappa shape index (κ1) is 15.5. The highest BCUT2D eigenvalue weighted by Crippen LogP contribution is 2.18. The van der Waals surface area contributed by atoms with Crippen LogP contribution in [-0.4, -0.2) is 36.3 Å². The number of benzene rings is 2. The van der Waals surface area contributed by atoms with Crippen molar-refractivity contribution in [2.24, 2.45) is 0 Å². The van der Waals surface area contributed by atoms with Crippen LogP contribution >= 0.6 is 0 Å². The van der Waals surface area contributed by atoms with E-state index in [1.54, 1.807) is 0 Å². The highest BCUT2D eigenvalue weighted by atomic mass is 16.2. The second-order valence-electron chi connectivity index (χ2n) is 6.03. The van der Waals surface area contributed by atoms with E-state index >= 15 is 0 Å². The molecule has 0 atom stereocenters. The van der Waals surface area contributed by atoms with Crippen LogP contribution in [0.25, 0.3) is 10.8 Å². The quantitative estimate of drug-likeness (QED) is 0.943. The first-order chi connectivity index (χ1) is 11.2. The second kappa shape index (κ2) is 7.27. The number of carbonyl (C=O) groups excluding carboxylic acids is 2. The zero-order valence-corrected chi connectivity index (χ0v) is 13.3. The van der Waals surface area contributed by atoms with Crippen LogP contribution in [0.1, 0.15) is 24.8 Å². The number of amides is 2. The Morgan fingerprint density at radius 3 is 2.52 bits per heavy atom. The predicted molar refractivity (Wildman–Crippen MR) is 91.1 cm³/mol. The van der Waals surface area contributed by atoms with Gasteiger partial charge >= 0.3 is 0 Å². The Morgan fingerprint density at radius 2 is 1.70 bits per heavy atom. The molecule has 0 unspecified atom stereocenters. The minimum Gasteiger partial charge on any atom is -0.347 e. The number of hydrogen-bond donors (Lipinski definition) is 1. The largest absolute Gasteiger partial charge is 0.347 e. The standard InChI is InChI=1S/C19H22N2O2/c22-18(20-14-19(23)21-11-4-1-5-12-21)13-16-9-6-8-15-7-2-3-10-17(15)16/h2-3,6-10H,1,4-5,11-14H2,(H,20,22). The van der Waals surface area contributed by atoms with Crippen molar-refractivity contribution in [3.05, 3.63) is 48.0 Å². The van der Waals surface area contributed by atoms with Crippen molar-refractivity contribution in [2.75, 3.05) is 19.6 Å². The molecule has 4 heteroatoms. The summed E-state index contributed by atoms with van der Waals surface area (Å²) in [6, 6.07) is 14.0. The first-order valence-electron chi connectivity index (χ1n) is 8.25. The number of nitrogens with one attached hydrogen (secondary N) is 1. The molecule has 4 nitrogen and oxygen atoms in total. The highest BCUT2D eigenvalue weighted by Gasteiger charge is 2.17. The number of piperidine rings is 1. The summed E-state index contributed by atoms with van der Waals surface area (Å²) in [5.41, 5.74) is 0.992. The summed E-state index contributed by atoms with van der Waals surface area (Å²) < 4.78 is 0. The van der Waals surface area contributed by atoms with Gasteiger partial charge in [0.05, 0.1) is 13.0 Å². The van der Waals surface area contributed by atoms with Crippen molar-refractivity contribution in [1.82, 2.24) is 10.2 Å². The fourth-order valence-electron chi connectivity index (χ4n) is 3.11. The van der Waals surface area contributed by atoms with Gasteiger partial charge in [-0.2, -0.15) is 0 Å². The van der Waals surface area contributed by atoms with Crippen LogP contribution in [0.15, 0.2) is 42.5 Å². The van der Waals surface area contributed by atoms with Crippen molar-refractivity contribution in [3.8, 4) is 0 Å². The maximum absolute atomic E-state index is 12.2. The summed E-state index contributed by atoms with van der Waals surface area (Å²) >= 11 is 0. The predicted octanol–water partition coefficient (Wildman–Crippen LogP) is 2.51. The number of likely N-dealkylation sites (tertiary alicyclic amines) is 1. The Morgan fingerprint density at radius 1 is 0.957 bits per heavy atom. The number of carbonyl (C=O) groups is 2. The van der Waals surface area contributed by atoms with Crippen LogP contribution in [0, 0.1) is 0 Å². The molecular weight excluding hydrogens is 288 g/mol. The Labute approximate surface area is 136 Å². The molecule has 0 bridgehead atoms. The molecule has 2 amide bonds. The van der Waals surface area contributed by atoms with Gasteiger partial charge in [0.1, 0.15) is 0 Å². The summed E-state index contributed by atoms with van der Waals surface area (Å²) in [6.07, 6.45) is 3.62. The Kier molecular flexibility index (Phi) is 4.91. The SMILES string of the molecule is O=C(Cc1cccc2ccccc12)NCC(=O)N1CCCCC1. The number of hydrogen-bond acceptors (Lipinski definition) is 2. The molecule has 1 aliphatic rings. The molecule has 1 saturated heterocycles. The number of rotatable bonds is 4. The van der Waals surface area contributed by atoms with Gasteiger partial charge in [-0.05, 0) is 35.6 Å². The van der Waals surface area contributed by atoms with E-state index in [1.165, 1.54) is 6.42 Å². The molecule has 2 aromatic rings. The van der Waals surface area contributed by atoms with Gasteiger partial charge in [0.15, 0.2) is 0 Å². The second-order valence-corrected chi connectivity index (χ2v) is 6.03. The maximum atomic E-state index is 12.2. The van der Waals surface area contributed by atoms with Crippen LogP contribution in [-0.2, 0) is 16.0 Å². The molecule has 0 aliphatic carbocycles. The van der Waals surface area contributed by atoms with Gasteiger partial charge in [0, 0.05) is 13.1 Å². The Bertz CT molecular complexity index is 700. The molecule has 1 fully saturated rings. The molecular formula is C19H22N2O2. The Hall–Kier alpha value is -2.36. The highest BCUT2D eigenvalue weighted by molar-refractivity contribution is 5.91. The molecule has 1 aliphatic heterocycles. The van der Waals surface area contributed by atoms with E-state index in [9.17, 15) is 9.59 Å². The fraction of sp³-hybridized carbons (Fsp3) is 0.368. The third kappa shape index (κ3) is 3.89. The zero-order chi connectivity index (χ0) is 16.1. The van der Waals surface area contributed by atoms with Crippen molar-refractivity contribution >= 4 is 22.6 Å². The zero-order valence-electron chi connectivity index (χ0n) is 13.3. The third-order valence-electron chi connectivity index (χ3n) is 4.38. The van der Waals surface area contributed by atoms with E-state index in [0.29, 0.717) is 6.42 Å². The van der Waals surface area contributed by atoms with Crippen molar-refractivity contribution in [2.45, 2.75) is 25.7 Å². The van der Waals surface area contributed by atoms with Gasteiger partial charge < -0.3 is 10.2 Å². The summed E-state index contributed by atoms with van der Waals surface area (Å²) in [7, 11) is 0. The van der Waals surface area contributed by atoms with E-state index in [2.05, 4.69) is 5.32 Å². The summed E-state index contributed by atoms with van der Waals surface area (Å²) in [5, 5.41) is 4.98. The number of fused-ring (bicyclic) bond motifs is 1. The van der Waals surface area contributed by atoms with Crippen LogP contribution < -0.4 is 5.32 Å². The van der Waals surface area contributed by atoms with Crippen LogP contribution in [0.2, 0.25) is 0 Å². The van der Waals surface area contributed by atoms with E-state index < -0.39 is 0 Å². The lowest BCUT2D eigenvalue weighted by molar-refractivity contribution is -0.133. The molecule has 0 saturated carbocycles. The first-order valence-corrected chi connectivity index (χ1v) is 8.25. The average molecular weight is 310 g/mol. The lowest BCUT2D eigenvalue weighted by Crippen LogP contribution is -2.42. The average Bonchev–Trinajstić information content (AvgIpc) is 2.61. The van der Waals surface area contributed by atoms with E-state index in [4.69, 9.17) is 0 Å². The van der Waals surface area contributed by atoms with Crippen molar-refractivity contribution in [3.63, 3.8) is 0 Å². The minimum absolute atomic E-state index is 0.0240. The summed E-state index contributed by atoms with van der Waals surface area (Å²) in [4.78, 5) is 26.1. The maximum Gasteiger partial charge on any atom is 0.241 e. The van der Waals surface area contributed by atoms with E-state index in [1.807, 2.05) is 47.4 Å². The molecule has 0 spiro atoms. The van der Waals surface area contributed by atoms with Crippen LogP contribution in [0.3, 0.4) is 0 Å². The smallest absolute Gasteiger partial charge is 0.241 e. The van der Waals surface area contributed by atoms with E-state index in [-0.39, 0.29) is 18.4 Å². The minimum atomic E-state index is -0.105. The monoisotopic (exact) mass is 310 g/mol. The Balaban J connectivity index is 1.57. The summed E-state index contributed by atoms with van der Waals surface area (Å²) in [6.45, 7) is 1.74. The van der Waals surface area contributed by atoms with Gasteiger partial charge in [-0.15, -0.1) is 0 Å². The third-order valence-corrected chi connectivity index (χ3v) is 4.38. The molecule has 120 valence electrons. The molecule has 0 aromatic heterocycles. The van der Waals surface area contributed by atoms with Crippen molar-refractivity contribution < 1.29 is 9.59 Å². The number of nitrogens with zero attached hydrogens (tertiary/aromatic N) is 1. The van der Waals surface area contributed by atoms with Crippen molar-refractivity contribution in [1.29, 1.82) is 0 Å².